The second kappa shape index (κ2) is 8.63. The van der Waals surface area contributed by atoms with E-state index in [2.05, 4.69) is 6.58 Å². The molecule has 0 fully saturated rings. The summed E-state index contributed by atoms with van der Waals surface area (Å²) in [5.41, 5.74) is 1.97. The fourth-order valence-electron chi connectivity index (χ4n) is 2.12. The standard InChI is InChI=1S/C19H21NO3/c1-3-13-20(14-16-9-11-18(22-2)12-10-16)19(21)23-15-17-7-5-4-6-8-17/h3-12H,1,13-15H2,2H3. The molecule has 0 aromatic heterocycles. The van der Waals surface area contributed by atoms with Crippen LogP contribution in [0.25, 0.3) is 0 Å². The van der Waals surface area contributed by atoms with Crippen LogP contribution in [0.3, 0.4) is 0 Å². The quantitative estimate of drug-likeness (QED) is 0.725. The van der Waals surface area contributed by atoms with Gasteiger partial charge < -0.3 is 14.4 Å². The summed E-state index contributed by atoms with van der Waals surface area (Å²) in [5.74, 6) is 0.788. The fourth-order valence-corrected chi connectivity index (χ4v) is 2.12. The highest BCUT2D eigenvalue weighted by Gasteiger charge is 2.14. The Kier molecular flexibility index (Phi) is 6.24. The summed E-state index contributed by atoms with van der Waals surface area (Å²) in [6, 6.07) is 17.2. The molecule has 120 valence electrons. The van der Waals surface area contributed by atoms with E-state index < -0.39 is 0 Å². The van der Waals surface area contributed by atoms with Gasteiger partial charge in [0.05, 0.1) is 7.11 Å². The van der Waals surface area contributed by atoms with E-state index in [1.165, 1.54) is 0 Å². The minimum absolute atomic E-state index is 0.260. The van der Waals surface area contributed by atoms with Gasteiger partial charge in [0.1, 0.15) is 12.4 Å². The zero-order valence-corrected chi connectivity index (χ0v) is 13.3. The van der Waals surface area contributed by atoms with E-state index in [-0.39, 0.29) is 12.7 Å². The number of carbonyl (C=O) groups excluding carboxylic acids is 1. The average Bonchev–Trinajstić information content (AvgIpc) is 2.61. The maximum absolute atomic E-state index is 12.3. The van der Waals surface area contributed by atoms with Crippen molar-refractivity contribution in [3.05, 3.63) is 78.4 Å². The number of amides is 1. The Labute approximate surface area is 137 Å². The van der Waals surface area contributed by atoms with E-state index in [1.54, 1.807) is 18.1 Å². The van der Waals surface area contributed by atoms with Gasteiger partial charge in [0, 0.05) is 13.1 Å². The van der Waals surface area contributed by atoms with Crippen molar-refractivity contribution in [2.45, 2.75) is 13.2 Å². The van der Waals surface area contributed by atoms with Gasteiger partial charge in [-0.15, -0.1) is 6.58 Å². The molecule has 0 N–H and O–H groups in total. The Hall–Kier alpha value is -2.75. The maximum atomic E-state index is 12.3. The molecule has 2 aromatic carbocycles. The van der Waals surface area contributed by atoms with Crippen LogP contribution in [0.2, 0.25) is 0 Å². The van der Waals surface area contributed by atoms with E-state index in [4.69, 9.17) is 9.47 Å². The number of hydrogen-bond acceptors (Lipinski definition) is 3. The Balaban J connectivity index is 1.95. The van der Waals surface area contributed by atoms with Gasteiger partial charge in [-0.2, -0.15) is 0 Å². The SMILES string of the molecule is C=CCN(Cc1ccc(OC)cc1)C(=O)OCc1ccccc1. The van der Waals surface area contributed by atoms with E-state index in [0.717, 1.165) is 16.9 Å². The average molecular weight is 311 g/mol. The van der Waals surface area contributed by atoms with E-state index >= 15 is 0 Å². The first-order chi connectivity index (χ1) is 11.2. The minimum Gasteiger partial charge on any atom is -0.497 e. The van der Waals surface area contributed by atoms with Crippen molar-refractivity contribution in [2.75, 3.05) is 13.7 Å². The lowest BCUT2D eigenvalue weighted by Crippen LogP contribution is -2.31. The lowest BCUT2D eigenvalue weighted by molar-refractivity contribution is 0.0978. The molecule has 0 heterocycles. The molecular weight excluding hydrogens is 290 g/mol. The third kappa shape index (κ3) is 5.18. The van der Waals surface area contributed by atoms with Crippen LogP contribution in [0.1, 0.15) is 11.1 Å². The van der Waals surface area contributed by atoms with Crippen LogP contribution in [0.15, 0.2) is 67.3 Å². The topological polar surface area (TPSA) is 38.8 Å². The number of methoxy groups -OCH3 is 1. The number of ether oxygens (including phenoxy) is 2. The van der Waals surface area contributed by atoms with Crippen LogP contribution in [0.4, 0.5) is 4.79 Å². The van der Waals surface area contributed by atoms with Gasteiger partial charge in [-0.05, 0) is 23.3 Å². The highest BCUT2D eigenvalue weighted by Crippen LogP contribution is 2.14. The van der Waals surface area contributed by atoms with Gasteiger partial charge in [0.15, 0.2) is 0 Å². The Morgan fingerprint density at radius 3 is 2.39 bits per heavy atom. The summed E-state index contributed by atoms with van der Waals surface area (Å²) in [6.45, 7) is 4.85. The first kappa shape index (κ1) is 16.6. The van der Waals surface area contributed by atoms with Gasteiger partial charge in [0.25, 0.3) is 0 Å². The second-order valence-corrected chi connectivity index (χ2v) is 5.06. The van der Waals surface area contributed by atoms with Crippen LogP contribution in [0.5, 0.6) is 5.75 Å². The van der Waals surface area contributed by atoms with E-state index in [9.17, 15) is 4.79 Å². The molecule has 0 spiro atoms. The van der Waals surface area contributed by atoms with Crippen LogP contribution < -0.4 is 4.74 Å². The molecule has 0 aliphatic carbocycles. The molecule has 0 aliphatic rings. The normalized spacial score (nSPS) is 9.96. The molecule has 0 unspecified atom stereocenters. The molecule has 23 heavy (non-hydrogen) atoms. The molecule has 0 bridgehead atoms. The number of carbonyl (C=O) groups is 1. The fraction of sp³-hybridized carbons (Fsp3) is 0.211. The van der Waals surface area contributed by atoms with E-state index in [1.807, 2.05) is 54.6 Å². The molecule has 2 rings (SSSR count). The summed E-state index contributed by atoms with van der Waals surface area (Å²) in [6.07, 6.45) is 1.33. The van der Waals surface area contributed by atoms with Crippen molar-refractivity contribution in [1.29, 1.82) is 0 Å². The minimum atomic E-state index is -0.357. The predicted octanol–water partition coefficient (Wildman–Crippen LogP) is 4.02. The van der Waals surface area contributed by atoms with Crippen molar-refractivity contribution in [3.8, 4) is 5.75 Å². The highest BCUT2D eigenvalue weighted by atomic mass is 16.6. The molecule has 2 aromatic rings. The monoisotopic (exact) mass is 311 g/mol. The number of hydrogen-bond donors (Lipinski definition) is 0. The molecule has 0 saturated heterocycles. The van der Waals surface area contributed by atoms with Crippen LogP contribution in [-0.4, -0.2) is 24.6 Å². The van der Waals surface area contributed by atoms with Crippen molar-refractivity contribution in [2.24, 2.45) is 0 Å². The third-order valence-electron chi connectivity index (χ3n) is 3.35. The molecule has 0 radical (unpaired) electrons. The Morgan fingerprint density at radius 2 is 1.78 bits per heavy atom. The van der Waals surface area contributed by atoms with Crippen molar-refractivity contribution in [1.82, 2.24) is 4.90 Å². The Morgan fingerprint density at radius 1 is 1.09 bits per heavy atom. The number of benzene rings is 2. The highest BCUT2D eigenvalue weighted by molar-refractivity contribution is 5.68. The van der Waals surface area contributed by atoms with Gasteiger partial charge in [-0.3, -0.25) is 0 Å². The largest absolute Gasteiger partial charge is 0.497 e. The van der Waals surface area contributed by atoms with Crippen molar-refractivity contribution in [3.63, 3.8) is 0 Å². The van der Waals surface area contributed by atoms with Crippen LogP contribution in [0, 0.1) is 0 Å². The van der Waals surface area contributed by atoms with Gasteiger partial charge in [-0.25, -0.2) is 4.79 Å². The first-order valence-corrected chi connectivity index (χ1v) is 7.42. The zero-order valence-electron chi connectivity index (χ0n) is 13.3. The molecule has 4 heteroatoms. The van der Waals surface area contributed by atoms with Crippen molar-refractivity contribution >= 4 is 6.09 Å². The zero-order chi connectivity index (χ0) is 16.5. The van der Waals surface area contributed by atoms with Crippen LogP contribution >= 0.6 is 0 Å². The van der Waals surface area contributed by atoms with Gasteiger partial charge in [-0.1, -0.05) is 48.5 Å². The molecule has 4 nitrogen and oxygen atoms in total. The molecule has 1 amide bonds. The summed E-state index contributed by atoms with van der Waals surface area (Å²) >= 11 is 0. The smallest absolute Gasteiger partial charge is 0.410 e. The lowest BCUT2D eigenvalue weighted by Gasteiger charge is -2.21. The maximum Gasteiger partial charge on any atom is 0.410 e. The summed E-state index contributed by atoms with van der Waals surface area (Å²) in [5, 5.41) is 0. The number of nitrogens with zero attached hydrogens (tertiary/aromatic N) is 1. The molecule has 0 aliphatic heterocycles. The summed E-state index contributed by atoms with van der Waals surface area (Å²) < 4.78 is 10.5. The van der Waals surface area contributed by atoms with Gasteiger partial charge in [0.2, 0.25) is 0 Å². The van der Waals surface area contributed by atoms with E-state index in [0.29, 0.717) is 13.1 Å². The predicted molar refractivity (Wildman–Crippen MR) is 90.2 cm³/mol. The summed E-state index contributed by atoms with van der Waals surface area (Å²) in [7, 11) is 1.62. The van der Waals surface area contributed by atoms with Crippen molar-refractivity contribution < 1.29 is 14.3 Å². The molecule has 0 saturated carbocycles. The van der Waals surface area contributed by atoms with Gasteiger partial charge >= 0.3 is 6.09 Å². The Bertz CT molecular complexity index is 623. The lowest BCUT2D eigenvalue weighted by atomic mass is 10.2. The molecular formula is C19H21NO3. The number of rotatable bonds is 7. The first-order valence-electron chi connectivity index (χ1n) is 7.42. The summed E-state index contributed by atoms with van der Waals surface area (Å²) in [4.78, 5) is 13.9. The third-order valence-corrected chi connectivity index (χ3v) is 3.35. The molecule has 0 atom stereocenters. The second-order valence-electron chi connectivity index (χ2n) is 5.06. The van der Waals surface area contributed by atoms with Crippen LogP contribution in [-0.2, 0) is 17.9 Å².